The maximum Gasteiger partial charge on any atom is 0.161 e. The van der Waals surface area contributed by atoms with E-state index < -0.39 is 0 Å². The molecule has 3 heteroatoms. The van der Waals surface area contributed by atoms with E-state index in [0.717, 1.165) is 22.3 Å². The standard InChI is InChI=1S/C11H15IO2/c1-3-14-11-8-9(6-7-12)4-5-10(11)13-2/h4-5,8H,3,6-7H2,1-2H3. The highest BCUT2D eigenvalue weighted by Gasteiger charge is 2.04. The number of ether oxygens (including phenoxy) is 2. The second-order valence-corrected chi connectivity index (χ2v) is 3.94. The van der Waals surface area contributed by atoms with Gasteiger partial charge in [0.2, 0.25) is 0 Å². The Labute approximate surface area is 98.7 Å². The molecule has 0 saturated heterocycles. The lowest BCUT2D eigenvalue weighted by Crippen LogP contribution is -1.96. The first-order chi connectivity index (χ1) is 6.81. The normalized spacial score (nSPS) is 9.93. The predicted molar refractivity (Wildman–Crippen MR) is 66.8 cm³/mol. The summed E-state index contributed by atoms with van der Waals surface area (Å²) in [6.07, 6.45) is 1.07. The van der Waals surface area contributed by atoms with Crippen LogP contribution in [0.2, 0.25) is 0 Å². The number of methoxy groups -OCH3 is 1. The van der Waals surface area contributed by atoms with E-state index in [1.54, 1.807) is 7.11 Å². The van der Waals surface area contributed by atoms with Gasteiger partial charge in [0.25, 0.3) is 0 Å². The molecule has 0 aliphatic heterocycles. The fourth-order valence-corrected chi connectivity index (χ4v) is 1.88. The van der Waals surface area contributed by atoms with Gasteiger partial charge in [-0.1, -0.05) is 28.7 Å². The van der Waals surface area contributed by atoms with Crippen molar-refractivity contribution in [2.45, 2.75) is 13.3 Å². The first-order valence-corrected chi connectivity index (χ1v) is 6.20. The molecule has 0 unspecified atom stereocenters. The van der Waals surface area contributed by atoms with Gasteiger partial charge in [-0.25, -0.2) is 0 Å². The van der Waals surface area contributed by atoms with Crippen molar-refractivity contribution in [2.75, 3.05) is 18.1 Å². The smallest absolute Gasteiger partial charge is 0.161 e. The molecule has 0 N–H and O–H groups in total. The van der Waals surface area contributed by atoms with Crippen LogP contribution in [0.15, 0.2) is 18.2 Å². The number of alkyl halides is 1. The van der Waals surface area contributed by atoms with Gasteiger partial charge in [0.05, 0.1) is 13.7 Å². The van der Waals surface area contributed by atoms with E-state index in [1.165, 1.54) is 5.56 Å². The summed E-state index contributed by atoms with van der Waals surface area (Å²) in [5, 5.41) is 0. The van der Waals surface area contributed by atoms with Crippen molar-refractivity contribution in [3.63, 3.8) is 0 Å². The van der Waals surface area contributed by atoms with Crippen molar-refractivity contribution in [1.82, 2.24) is 0 Å². The molecule has 0 bridgehead atoms. The second-order valence-electron chi connectivity index (χ2n) is 2.86. The molecule has 0 amide bonds. The number of hydrogen-bond donors (Lipinski definition) is 0. The van der Waals surface area contributed by atoms with Crippen LogP contribution in [0.4, 0.5) is 0 Å². The molecule has 0 radical (unpaired) electrons. The minimum Gasteiger partial charge on any atom is -0.493 e. The second kappa shape index (κ2) is 6.11. The van der Waals surface area contributed by atoms with Crippen LogP contribution >= 0.6 is 22.6 Å². The van der Waals surface area contributed by atoms with E-state index in [2.05, 4.69) is 34.7 Å². The van der Waals surface area contributed by atoms with Gasteiger partial charge >= 0.3 is 0 Å². The highest BCUT2D eigenvalue weighted by Crippen LogP contribution is 2.28. The van der Waals surface area contributed by atoms with Gasteiger partial charge in [-0.3, -0.25) is 0 Å². The Morgan fingerprint density at radius 3 is 2.64 bits per heavy atom. The summed E-state index contributed by atoms with van der Waals surface area (Å²) in [6.45, 7) is 2.65. The first kappa shape index (κ1) is 11.6. The van der Waals surface area contributed by atoms with Crippen molar-refractivity contribution in [2.24, 2.45) is 0 Å². The summed E-state index contributed by atoms with van der Waals surface area (Å²) in [6, 6.07) is 6.10. The molecule has 1 aromatic carbocycles. The molecule has 0 aliphatic carbocycles. The monoisotopic (exact) mass is 306 g/mol. The van der Waals surface area contributed by atoms with Crippen LogP contribution in [0.25, 0.3) is 0 Å². The van der Waals surface area contributed by atoms with Crippen LogP contribution in [-0.2, 0) is 6.42 Å². The van der Waals surface area contributed by atoms with Crippen LogP contribution in [0.1, 0.15) is 12.5 Å². The lowest BCUT2D eigenvalue weighted by molar-refractivity contribution is 0.310. The Kier molecular flexibility index (Phi) is 5.07. The number of rotatable bonds is 5. The summed E-state index contributed by atoms with van der Waals surface area (Å²) < 4.78 is 11.8. The Hall–Kier alpha value is -0.450. The molecule has 78 valence electrons. The zero-order chi connectivity index (χ0) is 10.4. The van der Waals surface area contributed by atoms with Gasteiger partial charge in [-0.15, -0.1) is 0 Å². The number of halogens is 1. The fraction of sp³-hybridized carbons (Fsp3) is 0.455. The van der Waals surface area contributed by atoms with E-state index in [9.17, 15) is 0 Å². The molecule has 0 fully saturated rings. The van der Waals surface area contributed by atoms with Crippen LogP contribution in [0.5, 0.6) is 11.5 Å². The SMILES string of the molecule is CCOc1cc(CCI)ccc1OC. The summed E-state index contributed by atoms with van der Waals surface area (Å²) in [4.78, 5) is 0. The molecule has 0 spiro atoms. The summed E-state index contributed by atoms with van der Waals surface area (Å²) in [5.74, 6) is 1.65. The molecule has 0 heterocycles. The number of hydrogen-bond acceptors (Lipinski definition) is 2. The highest BCUT2D eigenvalue weighted by molar-refractivity contribution is 14.1. The molecule has 1 rings (SSSR count). The number of aryl methyl sites for hydroxylation is 1. The minimum atomic E-state index is 0.671. The van der Waals surface area contributed by atoms with Crippen molar-refractivity contribution >= 4 is 22.6 Å². The van der Waals surface area contributed by atoms with E-state index in [0.29, 0.717) is 6.61 Å². The van der Waals surface area contributed by atoms with Crippen molar-refractivity contribution in [3.8, 4) is 11.5 Å². The van der Waals surface area contributed by atoms with Crippen molar-refractivity contribution in [1.29, 1.82) is 0 Å². The third-order valence-electron chi connectivity index (χ3n) is 1.91. The quantitative estimate of drug-likeness (QED) is 0.615. The molecule has 0 saturated carbocycles. The molecule has 0 atom stereocenters. The fourth-order valence-electron chi connectivity index (χ4n) is 1.25. The zero-order valence-electron chi connectivity index (χ0n) is 8.55. The Morgan fingerprint density at radius 1 is 1.29 bits per heavy atom. The molecular weight excluding hydrogens is 291 g/mol. The predicted octanol–water partition coefficient (Wildman–Crippen LogP) is 3.07. The minimum absolute atomic E-state index is 0.671. The molecule has 14 heavy (non-hydrogen) atoms. The molecule has 0 aliphatic rings. The van der Waals surface area contributed by atoms with Gasteiger partial charge in [0.1, 0.15) is 0 Å². The third-order valence-corrected chi connectivity index (χ3v) is 2.45. The van der Waals surface area contributed by atoms with Gasteiger partial charge in [0.15, 0.2) is 11.5 Å². The van der Waals surface area contributed by atoms with E-state index >= 15 is 0 Å². The van der Waals surface area contributed by atoms with Crippen molar-refractivity contribution < 1.29 is 9.47 Å². The number of benzene rings is 1. The lowest BCUT2D eigenvalue weighted by atomic mass is 10.1. The summed E-state index contributed by atoms with van der Waals surface area (Å²) in [5.41, 5.74) is 1.30. The summed E-state index contributed by atoms with van der Waals surface area (Å²) in [7, 11) is 1.66. The molecule has 0 aromatic heterocycles. The van der Waals surface area contributed by atoms with Gasteiger partial charge in [-0.05, 0) is 31.0 Å². The van der Waals surface area contributed by atoms with E-state index in [4.69, 9.17) is 9.47 Å². The van der Waals surface area contributed by atoms with E-state index in [1.807, 2.05) is 13.0 Å². The Morgan fingerprint density at radius 2 is 2.07 bits per heavy atom. The molecule has 2 nitrogen and oxygen atoms in total. The third kappa shape index (κ3) is 3.04. The maximum absolute atomic E-state index is 5.49. The molecule has 1 aromatic rings. The van der Waals surface area contributed by atoms with Crippen molar-refractivity contribution in [3.05, 3.63) is 23.8 Å². The topological polar surface area (TPSA) is 18.5 Å². The first-order valence-electron chi connectivity index (χ1n) is 4.67. The van der Waals surface area contributed by atoms with Crippen LogP contribution in [-0.4, -0.2) is 18.1 Å². The highest BCUT2D eigenvalue weighted by atomic mass is 127. The van der Waals surface area contributed by atoms with Crippen LogP contribution < -0.4 is 9.47 Å². The largest absolute Gasteiger partial charge is 0.493 e. The average molecular weight is 306 g/mol. The maximum atomic E-state index is 5.49. The lowest BCUT2D eigenvalue weighted by Gasteiger charge is -2.10. The van der Waals surface area contributed by atoms with Crippen LogP contribution in [0.3, 0.4) is 0 Å². The summed E-state index contributed by atoms with van der Waals surface area (Å²) >= 11 is 2.37. The Bertz CT molecular complexity index is 287. The van der Waals surface area contributed by atoms with Gasteiger partial charge in [0, 0.05) is 4.43 Å². The zero-order valence-corrected chi connectivity index (χ0v) is 10.7. The Balaban J connectivity index is 2.88. The van der Waals surface area contributed by atoms with Gasteiger partial charge in [-0.2, -0.15) is 0 Å². The average Bonchev–Trinajstić information content (AvgIpc) is 2.19. The van der Waals surface area contributed by atoms with E-state index in [-0.39, 0.29) is 0 Å². The van der Waals surface area contributed by atoms with Crippen LogP contribution in [0, 0.1) is 0 Å². The molecular formula is C11H15IO2. The van der Waals surface area contributed by atoms with Gasteiger partial charge < -0.3 is 9.47 Å².